The van der Waals surface area contributed by atoms with Gasteiger partial charge < -0.3 is 0 Å². The largest absolute Gasteiger partial charge is 0.409 e. The quantitative estimate of drug-likeness (QED) is 0.694. The maximum atomic E-state index is 12.1. The Bertz CT molecular complexity index is 310. The van der Waals surface area contributed by atoms with Crippen molar-refractivity contribution in [2.75, 3.05) is 0 Å². The van der Waals surface area contributed by atoms with E-state index in [-0.39, 0.29) is 14.5 Å². The molecule has 0 saturated heterocycles. The smallest absolute Gasteiger partial charge is 0.213 e. The van der Waals surface area contributed by atoms with Gasteiger partial charge in [0.15, 0.2) is 9.84 Å². The molecule has 0 aliphatic carbocycles. The third-order valence-electron chi connectivity index (χ3n) is 1.10. The molecular formula is C5HCl3F3NS. The van der Waals surface area contributed by atoms with E-state index < -0.39 is 11.6 Å². The summed E-state index contributed by atoms with van der Waals surface area (Å²) in [6, 6.07) is 0. The Hall–Kier alpha value is 0.290. The zero-order chi connectivity index (χ0) is 10.2. The zero-order valence-corrected chi connectivity index (χ0v) is 8.78. The van der Waals surface area contributed by atoms with Gasteiger partial charge in [0.05, 0.1) is 4.88 Å². The Balaban J connectivity index is 3.01. The van der Waals surface area contributed by atoms with E-state index in [4.69, 9.17) is 34.8 Å². The molecule has 0 amide bonds. The topological polar surface area (TPSA) is 12.9 Å². The molecule has 1 rings (SSSR count). The van der Waals surface area contributed by atoms with Crippen LogP contribution < -0.4 is 0 Å². The van der Waals surface area contributed by atoms with Crippen molar-refractivity contribution >= 4 is 46.1 Å². The van der Waals surface area contributed by atoms with Gasteiger partial charge in [-0.1, -0.05) is 23.2 Å². The average Bonchev–Trinajstić information content (AvgIpc) is 2.26. The van der Waals surface area contributed by atoms with Crippen molar-refractivity contribution in [3.8, 4) is 0 Å². The summed E-state index contributed by atoms with van der Waals surface area (Å²) in [4.78, 5) is 3.13. The van der Waals surface area contributed by atoms with Gasteiger partial charge >= 0.3 is 6.18 Å². The molecule has 0 radical (unpaired) electrons. The van der Waals surface area contributed by atoms with Gasteiger partial charge in [-0.25, -0.2) is 4.98 Å². The van der Waals surface area contributed by atoms with Crippen LogP contribution in [-0.2, 0) is 0 Å². The van der Waals surface area contributed by atoms with Crippen molar-refractivity contribution in [2.24, 2.45) is 0 Å². The Morgan fingerprint density at radius 1 is 1.31 bits per heavy atom. The Morgan fingerprint density at radius 2 is 1.85 bits per heavy atom. The van der Waals surface area contributed by atoms with E-state index in [9.17, 15) is 13.2 Å². The lowest BCUT2D eigenvalue weighted by Gasteiger charge is -2.10. The Kier molecular flexibility index (Phi) is 3.33. The second kappa shape index (κ2) is 3.81. The van der Waals surface area contributed by atoms with E-state index in [1.165, 1.54) is 0 Å². The molecule has 1 heterocycles. The Morgan fingerprint density at radius 3 is 2.15 bits per heavy atom. The molecule has 1 atom stereocenters. The molecule has 0 saturated carbocycles. The minimum absolute atomic E-state index is 0.0603. The number of aromatic nitrogens is 1. The summed E-state index contributed by atoms with van der Waals surface area (Å²) < 4.78 is 36.1. The molecule has 1 aromatic heterocycles. The van der Waals surface area contributed by atoms with Gasteiger partial charge in [0.1, 0.15) is 5.15 Å². The second-order valence-electron chi connectivity index (χ2n) is 2.03. The highest BCUT2D eigenvalue weighted by Crippen LogP contribution is 2.44. The van der Waals surface area contributed by atoms with Crippen LogP contribution in [0.4, 0.5) is 13.2 Å². The van der Waals surface area contributed by atoms with Gasteiger partial charge in [-0.05, 0) is 0 Å². The van der Waals surface area contributed by atoms with Crippen molar-refractivity contribution in [1.29, 1.82) is 0 Å². The van der Waals surface area contributed by atoms with Crippen LogP contribution in [0.5, 0.6) is 0 Å². The number of alkyl halides is 4. The molecule has 0 aromatic carbocycles. The van der Waals surface area contributed by atoms with Crippen molar-refractivity contribution in [1.82, 2.24) is 4.98 Å². The molecule has 1 nitrogen and oxygen atoms in total. The van der Waals surface area contributed by atoms with Gasteiger partial charge in [-0.15, -0.1) is 22.9 Å². The van der Waals surface area contributed by atoms with Gasteiger partial charge in [-0.2, -0.15) is 13.2 Å². The molecule has 0 fully saturated rings. The van der Waals surface area contributed by atoms with Crippen LogP contribution in [-0.4, -0.2) is 11.2 Å². The maximum absolute atomic E-state index is 12.1. The predicted molar refractivity (Wildman–Crippen MR) is 46.8 cm³/mol. The zero-order valence-electron chi connectivity index (χ0n) is 5.70. The lowest BCUT2D eigenvalue weighted by Crippen LogP contribution is -2.14. The van der Waals surface area contributed by atoms with Crippen LogP contribution in [0.3, 0.4) is 0 Å². The molecule has 0 aliphatic rings. The lowest BCUT2D eigenvalue weighted by atomic mass is 10.4. The summed E-state index contributed by atoms with van der Waals surface area (Å²) in [7, 11) is 0. The van der Waals surface area contributed by atoms with Crippen LogP contribution in [0.15, 0.2) is 0 Å². The number of hydrogen-bond acceptors (Lipinski definition) is 2. The summed E-state index contributed by atoms with van der Waals surface area (Å²) in [5.74, 6) is 0. The maximum Gasteiger partial charge on any atom is 0.409 e. The molecule has 74 valence electrons. The van der Waals surface area contributed by atoms with Crippen LogP contribution >= 0.6 is 46.1 Å². The SMILES string of the molecule is FC(F)(F)C(Cl)c1sc(Cl)nc1Cl. The molecule has 1 unspecified atom stereocenters. The fraction of sp³-hybridized carbons (Fsp3) is 0.400. The van der Waals surface area contributed by atoms with E-state index in [1.54, 1.807) is 0 Å². The molecule has 8 heteroatoms. The molecule has 13 heavy (non-hydrogen) atoms. The fourth-order valence-corrected chi connectivity index (χ4v) is 2.31. The number of halogens is 6. The van der Waals surface area contributed by atoms with Gasteiger partial charge in [-0.3, -0.25) is 0 Å². The lowest BCUT2D eigenvalue weighted by molar-refractivity contribution is -0.131. The summed E-state index contributed by atoms with van der Waals surface area (Å²) in [5, 5.41) is -2.45. The molecule has 1 aromatic rings. The van der Waals surface area contributed by atoms with Gasteiger partial charge in [0, 0.05) is 0 Å². The molecule has 0 N–H and O–H groups in total. The summed E-state index contributed by atoms with van der Waals surface area (Å²) in [5.41, 5.74) is 0. The molecule has 0 aliphatic heterocycles. The molecule has 0 bridgehead atoms. The first-order valence-corrected chi connectivity index (χ1v) is 4.85. The standard InChI is InChI=1S/C5HCl3F3NS/c6-2(5(9,10)11)1-3(7)12-4(8)13-1/h2H. The number of nitrogens with zero attached hydrogens (tertiary/aromatic N) is 1. The second-order valence-corrected chi connectivity index (χ2v) is 4.43. The average molecular weight is 270 g/mol. The number of thiazole rings is 1. The summed E-state index contributed by atoms with van der Waals surface area (Å²) in [6.07, 6.45) is -4.54. The minimum atomic E-state index is -4.54. The van der Waals surface area contributed by atoms with E-state index >= 15 is 0 Å². The fourth-order valence-electron chi connectivity index (χ4n) is 0.593. The number of rotatable bonds is 1. The summed E-state index contributed by atoms with van der Waals surface area (Å²) >= 11 is 16.5. The van der Waals surface area contributed by atoms with Gasteiger partial charge in [0.25, 0.3) is 0 Å². The first-order chi connectivity index (χ1) is 5.82. The van der Waals surface area contributed by atoms with Crippen LogP contribution in [0.25, 0.3) is 0 Å². The highest BCUT2D eigenvalue weighted by Gasteiger charge is 2.42. The van der Waals surface area contributed by atoms with Crippen LogP contribution in [0.2, 0.25) is 9.62 Å². The van der Waals surface area contributed by atoms with E-state index in [1.807, 2.05) is 0 Å². The predicted octanol–water partition coefficient (Wildman–Crippen LogP) is 4.29. The van der Waals surface area contributed by atoms with E-state index in [0.717, 1.165) is 0 Å². The highest BCUT2D eigenvalue weighted by molar-refractivity contribution is 7.16. The van der Waals surface area contributed by atoms with Crippen molar-refractivity contribution < 1.29 is 13.2 Å². The number of hydrogen-bond donors (Lipinski definition) is 0. The Labute approximate surface area is 90.4 Å². The van der Waals surface area contributed by atoms with E-state index in [0.29, 0.717) is 11.3 Å². The third-order valence-corrected chi connectivity index (χ3v) is 3.32. The van der Waals surface area contributed by atoms with E-state index in [2.05, 4.69) is 4.98 Å². The first kappa shape index (κ1) is 11.4. The monoisotopic (exact) mass is 269 g/mol. The molecular weight excluding hydrogens is 269 g/mol. The van der Waals surface area contributed by atoms with Crippen LogP contribution in [0, 0.1) is 0 Å². The molecule has 0 spiro atoms. The van der Waals surface area contributed by atoms with Crippen molar-refractivity contribution in [2.45, 2.75) is 11.6 Å². The van der Waals surface area contributed by atoms with Crippen molar-refractivity contribution in [3.05, 3.63) is 14.5 Å². The normalized spacial score (nSPS) is 14.6. The van der Waals surface area contributed by atoms with Crippen LogP contribution in [0.1, 0.15) is 10.3 Å². The van der Waals surface area contributed by atoms with Gasteiger partial charge in [0.2, 0.25) is 0 Å². The summed E-state index contributed by atoms with van der Waals surface area (Å²) in [6.45, 7) is 0. The first-order valence-electron chi connectivity index (χ1n) is 2.85. The highest BCUT2D eigenvalue weighted by atomic mass is 35.5. The minimum Gasteiger partial charge on any atom is -0.213 e. The van der Waals surface area contributed by atoms with Crippen molar-refractivity contribution in [3.63, 3.8) is 0 Å². The third kappa shape index (κ3) is 2.62.